The number of hydrogen-bond donors (Lipinski definition) is 2. The Morgan fingerprint density at radius 3 is 2.76 bits per heavy atom. The van der Waals surface area contributed by atoms with Crippen molar-refractivity contribution in [1.29, 1.82) is 0 Å². The minimum atomic E-state index is -0.0783. The Morgan fingerprint density at radius 2 is 2.18 bits per heavy atom. The minimum Gasteiger partial charge on any atom is -0.383 e. The van der Waals surface area contributed by atoms with E-state index in [9.17, 15) is 4.79 Å². The predicted octanol–water partition coefficient (Wildman–Crippen LogP) is 1.79. The summed E-state index contributed by atoms with van der Waals surface area (Å²) in [6.45, 7) is 2.79. The lowest BCUT2D eigenvalue weighted by Crippen LogP contribution is -2.32. The lowest BCUT2D eigenvalue weighted by atomic mass is 10.4. The van der Waals surface area contributed by atoms with Gasteiger partial charge in [0.2, 0.25) is 0 Å². The van der Waals surface area contributed by atoms with Gasteiger partial charge in [0, 0.05) is 26.7 Å². The van der Waals surface area contributed by atoms with Gasteiger partial charge in [-0.1, -0.05) is 11.6 Å². The van der Waals surface area contributed by atoms with Crippen LogP contribution in [-0.4, -0.2) is 39.3 Å². The van der Waals surface area contributed by atoms with Crippen LogP contribution in [0, 0.1) is 0 Å². The number of carbonyl (C=O) groups excluding carboxylic acids is 1. The molecule has 1 amide bonds. The van der Waals surface area contributed by atoms with Crippen LogP contribution in [0.15, 0.2) is 12.1 Å². The Morgan fingerprint density at radius 1 is 1.41 bits per heavy atom. The number of amides is 1. The third-order valence-electron chi connectivity index (χ3n) is 1.87. The Kier molecular flexibility index (Phi) is 9.49. The highest BCUT2D eigenvalue weighted by atomic mass is 35.5. The van der Waals surface area contributed by atoms with E-state index >= 15 is 0 Å². The maximum Gasteiger partial charge on any atom is 0.261 e. The largest absolute Gasteiger partial charge is 0.383 e. The molecule has 0 aliphatic heterocycles. The fourth-order valence-electron chi connectivity index (χ4n) is 1.09. The third-order valence-corrected chi connectivity index (χ3v) is 3.10. The van der Waals surface area contributed by atoms with E-state index in [1.807, 2.05) is 0 Å². The van der Waals surface area contributed by atoms with Gasteiger partial charge in [-0.2, -0.15) is 0 Å². The monoisotopic (exact) mass is 298 g/mol. The standard InChI is InChI=1S/C10H15ClN2O2S.ClH/c1-15-7-6-12-4-5-13-10(14)8-2-3-9(11)16-8;/h2-3,12H,4-7H2,1H3,(H,13,14);1H. The van der Waals surface area contributed by atoms with Crippen LogP contribution < -0.4 is 10.6 Å². The molecule has 0 atom stereocenters. The van der Waals surface area contributed by atoms with E-state index < -0.39 is 0 Å². The van der Waals surface area contributed by atoms with E-state index in [2.05, 4.69) is 10.6 Å². The van der Waals surface area contributed by atoms with Crippen molar-refractivity contribution in [3.8, 4) is 0 Å². The zero-order chi connectivity index (χ0) is 11.8. The van der Waals surface area contributed by atoms with Crippen molar-refractivity contribution in [2.75, 3.05) is 33.4 Å². The first kappa shape index (κ1) is 16.7. The van der Waals surface area contributed by atoms with Crippen molar-refractivity contribution in [2.45, 2.75) is 0 Å². The van der Waals surface area contributed by atoms with Crippen LogP contribution in [0.2, 0.25) is 4.34 Å². The second-order valence-corrected chi connectivity index (χ2v) is 4.82. The molecule has 98 valence electrons. The first-order valence-electron chi connectivity index (χ1n) is 4.97. The smallest absolute Gasteiger partial charge is 0.261 e. The maximum absolute atomic E-state index is 11.5. The molecule has 1 heterocycles. The molecule has 4 nitrogen and oxygen atoms in total. The molecule has 0 saturated heterocycles. The zero-order valence-corrected chi connectivity index (χ0v) is 11.9. The van der Waals surface area contributed by atoms with Gasteiger partial charge in [0.15, 0.2) is 0 Å². The van der Waals surface area contributed by atoms with E-state index in [4.69, 9.17) is 16.3 Å². The highest BCUT2D eigenvalue weighted by Gasteiger charge is 2.06. The Hall–Kier alpha value is -0.330. The molecule has 1 aromatic heterocycles. The Labute approximate surface area is 116 Å². The van der Waals surface area contributed by atoms with Crippen molar-refractivity contribution >= 4 is 41.3 Å². The summed E-state index contributed by atoms with van der Waals surface area (Å²) in [7, 11) is 1.66. The average molecular weight is 299 g/mol. The maximum atomic E-state index is 11.5. The molecule has 0 bridgehead atoms. The number of halogens is 2. The van der Waals surface area contributed by atoms with Crippen molar-refractivity contribution in [3.63, 3.8) is 0 Å². The van der Waals surface area contributed by atoms with Crippen molar-refractivity contribution in [2.24, 2.45) is 0 Å². The van der Waals surface area contributed by atoms with E-state index in [0.717, 1.165) is 13.1 Å². The van der Waals surface area contributed by atoms with Gasteiger partial charge >= 0.3 is 0 Å². The molecule has 1 rings (SSSR count). The summed E-state index contributed by atoms with van der Waals surface area (Å²) in [5.41, 5.74) is 0. The Bertz CT molecular complexity index is 334. The molecule has 0 saturated carbocycles. The average Bonchev–Trinajstić information content (AvgIpc) is 2.70. The molecular weight excluding hydrogens is 283 g/mol. The summed E-state index contributed by atoms with van der Waals surface area (Å²) in [4.78, 5) is 12.2. The van der Waals surface area contributed by atoms with Crippen molar-refractivity contribution < 1.29 is 9.53 Å². The summed E-state index contributed by atoms with van der Waals surface area (Å²) < 4.78 is 5.51. The van der Waals surface area contributed by atoms with Gasteiger partial charge in [0.25, 0.3) is 5.91 Å². The lowest BCUT2D eigenvalue weighted by Gasteiger charge is -2.05. The van der Waals surface area contributed by atoms with Gasteiger partial charge in [0.1, 0.15) is 0 Å². The number of nitrogens with one attached hydrogen (secondary N) is 2. The minimum absolute atomic E-state index is 0. The second kappa shape index (κ2) is 9.67. The summed E-state index contributed by atoms with van der Waals surface area (Å²) >= 11 is 7.02. The molecule has 1 aromatic rings. The highest BCUT2D eigenvalue weighted by molar-refractivity contribution is 7.17. The zero-order valence-electron chi connectivity index (χ0n) is 9.49. The van der Waals surface area contributed by atoms with Crippen LogP contribution in [0.1, 0.15) is 9.67 Å². The first-order valence-corrected chi connectivity index (χ1v) is 6.16. The van der Waals surface area contributed by atoms with Crippen LogP contribution >= 0.6 is 35.3 Å². The molecule has 0 aliphatic rings. The van der Waals surface area contributed by atoms with E-state index in [0.29, 0.717) is 22.4 Å². The van der Waals surface area contributed by atoms with Crippen molar-refractivity contribution in [3.05, 3.63) is 21.3 Å². The van der Waals surface area contributed by atoms with Gasteiger partial charge in [0.05, 0.1) is 15.8 Å². The molecule has 2 N–H and O–H groups in total. The molecule has 0 aliphatic carbocycles. The van der Waals surface area contributed by atoms with Gasteiger partial charge in [-0.05, 0) is 12.1 Å². The van der Waals surface area contributed by atoms with Gasteiger partial charge in [-0.3, -0.25) is 4.79 Å². The second-order valence-electron chi connectivity index (χ2n) is 3.10. The number of methoxy groups -OCH3 is 1. The third kappa shape index (κ3) is 6.85. The number of carbonyl (C=O) groups is 1. The number of hydrogen-bond acceptors (Lipinski definition) is 4. The molecule has 0 spiro atoms. The normalized spacial score (nSPS) is 9.76. The van der Waals surface area contributed by atoms with E-state index in [-0.39, 0.29) is 18.3 Å². The van der Waals surface area contributed by atoms with Crippen molar-refractivity contribution in [1.82, 2.24) is 10.6 Å². The first-order chi connectivity index (χ1) is 7.74. The summed E-state index contributed by atoms with van der Waals surface area (Å²) in [6.07, 6.45) is 0. The van der Waals surface area contributed by atoms with E-state index in [1.165, 1.54) is 11.3 Å². The van der Waals surface area contributed by atoms with Crippen LogP contribution in [0.3, 0.4) is 0 Å². The summed E-state index contributed by atoms with van der Waals surface area (Å²) in [5.74, 6) is -0.0783. The molecule has 7 heteroatoms. The molecule has 0 fully saturated rings. The van der Waals surface area contributed by atoms with Crippen LogP contribution in [-0.2, 0) is 4.74 Å². The van der Waals surface area contributed by atoms with Gasteiger partial charge in [-0.25, -0.2) is 0 Å². The fraction of sp³-hybridized carbons (Fsp3) is 0.500. The van der Waals surface area contributed by atoms with Gasteiger partial charge < -0.3 is 15.4 Å². The number of rotatable bonds is 7. The molecule has 17 heavy (non-hydrogen) atoms. The lowest BCUT2D eigenvalue weighted by molar-refractivity contribution is 0.0957. The summed E-state index contributed by atoms with van der Waals surface area (Å²) in [6, 6.07) is 3.44. The Balaban J connectivity index is 0.00000256. The summed E-state index contributed by atoms with van der Waals surface area (Å²) in [5, 5.41) is 5.93. The predicted molar refractivity (Wildman–Crippen MR) is 73.7 cm³/mol. The quantitative estimate of drug-likeness (QED) is 0.755. The SMILES string of the molecule is COCCNCCNC(=O)c1ccc(Cl)s1.Cl. The number of thiophene rings is 1. The molecule has 0 unspecified atom stereocenters. The fourth-order valence-corrected chi connectivity index (χ4v) is 2.05. The van der Waals surface area contributed by atoms with Gasteiger partial charge in [-0.15, -0.1) is 23.7 Å². The van der Waals surface area contributed by atoms with E-state index in [1.54, 1.807) is 19.2 Å². The highest BCUT2D eigenvalue weighted by Crippen LogP contribution is 2.20. The molecule has 0 radical (unpaired) electrons. The van der Waals surface area contributed by atoms with Crippen LogP contribution in [0.25, 0.3) is 0 Å². The van der Waals surface area contributed by atoms with Crippen LogP contribution in [0.5, 0.6) is 0 Å². The molecular formula is C10H16Cl2N2O2S. The molecule has 0 aromatic carbocycles. The van der Waals surface area contributed by atoms with Crippen LogP contribution in [0.4, 0.5) is 0 Å². The number of ether oxygens (including phenoxy) is 1. The topological polar surface area (TPSA) is 50.4 Å².